The van der Waals surface area contributed by atoms with E-state index in [1.165, 1.54) is 36.3 Å². The minimum absolute atomic E-state index is 0.696. The quantitative estimate of drug-likeness (QED) is 0.669. The first-order chi connectivity index (χ1) is 9.22. The molecule has 0 N–H and O–H groups in total. The van der Waals surface area contributed by atoms with Gasteiger partial charge in [-0.2, -0.15) is 0 Å². The summed E-state index contributed by atoms with van der Waals surface area (Å²) >= 11 is 5.36. The van der Waals surface area contributed by atoms with Gasteiger partial charge in [-0.1, -0.05) is 47.8 Å². The van der Waals surface area contributed by atoms with Crippen molar-refractivity contribution in [3.8, 4) is 11.3 Å². The van der Waals surface area contributed by atoms with E-state index >= 15 is 0 Å². The first-order valence-corrected chi connectivity index (χ1v) is 8.61. The summed E-state index contributed by atoms with van der Waals surface area (Å²) in [6, 6.07) is 8.40. The lowest BCUT2D eigenvalue weighted by atomic mass is 9.83. The van der Waals surface area contributed by atoms with Gasteiger partial charge in [-0.05, 0) is 30.9 Å². The van der Waals surface area contributed by atoms with Crippen LogP contribution < -0.4 is 0 Å². The van der Waals surface area contributed by atoms with E-state index in [4.69, 9.17) is 4.98 Å². The van der Waals surface area contributed by atoms with Gasteiger partial charge in [0.25, 0.3) is 0 Å². The molecule has 1 nitrogen and oxygen atoms in total. The van der Waals surface area contributed by atoms with Crippen molar-refractivity contribution >= 4 is 27.3 Å². The first kappa shape index (κ1) is 13.3. The number of halogens is 1. The lowest BCUT2D eigenvalue weighted by Gasteiger charge is -2.24. The van der Waals surface area contributed by atoms with Crippen LogP contribution in [0.4, 0.5) is 0 Å². The summed E-state index contributed by atoms with van der Waals surface area (Å²) in [7, 11) is 0. The van der Waals surface area contributed by atoms with Crippen LogP contribution in [0.15, 0.2) is 34.1 Å². The number of rotatable bonds is 2. The summed E-state index contributed by atoms with van der Waals surface area (Å²) in [5.74, 6) is 1.60. The van der Waals surface area contributed by atoms with E-state index < -0.39 is 0 Å². The van der Waals surface area contributed by atoms with Gasteiger partial charge in [0.15, 0.2) is 0 Å². The molecular formula is C16H18BrNS. The standard InChI is InChI=1S/C16H18BrNS/c1-11-5-7-12(8-6-11)16-18-15(10-19-16)13-3-2-4-14(17)9-13/h2-4,9-12H,5-8H2,1H3. The number of nitrogens with zero attached hydrogens (tertiary/aromatic N) is 1. The lowest BCUT2D eigenvalue weighted by Crippen LogP contribution is -2.10. The van der Waals surface area contributed by atoms with Crippen LogP contribution in [0.2, 0.25) is 0 Å². The van der Waals surface area contributed by atoms with Crippen molar-refractivity contribution in [3.05, 3.63) is 39.1 Å². The molecule has 3 heteroatoms. The Balaban J connectivity index is 1.80. The van der Waals surface area contributed by atoms with E-state index in [2.05, 4.69) is 52.5 Å². The van der Waals surface area contributed by atoms with E-state index in [1.54, 1.807) is 0 Å². The second kappa shape index (κ2) is 5.76. The molecule has 0 bridgehead atoms. The Labute approximate surface area is 127 Å². The van der Waals surface area contributed by atoms with Crippen LogP contribution >= 0.6 is 27.3 Å². The molecule has 0 spiro atoms. The molecule has 0 unspecified atom stereocenters. The van der Waals surface area contributed by atoms with E-state index in [0.717, 1.165) is 16.1 Å². The zero-order valence-electron chi connectivity index (χ0n) is 11.1. The third kappa shape index (κ3) is 3.09. The van der Waals surface area contributed by atoms with Crippen molar-refractivity contribution in [2.45, 2.75) is 38.5 Å². The first-order valence-electron chi connectivity index (χ1n) is 6.94. The normalized spacial score (nSPS) is 23.5. The van der Waals surface area contributed by atoms with Crippen molar-refractivity contribution in [3.63, 3.8) is 0 Å². The number of hydrogen-bond donors (Lipinski definition) is 0. The third-order valence-corrected chi connectivity index (χ3v) is 5.51. The zero-order valence-corrected chi connectivity index (χ0v) is 13.5. The zero-order chi connectivity index (χ0) is 13.2. The van der Waals surface area contributed by atoms with Crippen LogP contribution in [0.3, 0.4) is 0 Å². The molecule has 0 radical (unpaired) electrons. The van der Waals surface area contributed by atoms with Crippen LogP contribution in [0, 0.1) is 5.92 Å². The van der Waals surface area contributed by atoms with Gasteiger partial charge in [0.1, 0.15) is 0 Å². The van der Waals surface area contributed by atoms with Crippen molar-refractivity contribution in [2.24, 2.45) is 5.92 Å². The summed E-state index contributed by atoms with van der Waals surface area (Å²) < 4.78 is 1.12. The van der Waals surface area contributed by atoms with Gasteiger partial charge in [-0.15, -0.1) is 11.3 Å². The fraction of sp³-hybridized carbons (Fsp3) is 0.438. The predicted octanol–water partition coefficient (Wildman–Crippen LogP) is 5.87. The number of hydrogen-bond acceptors (Lipinski definition) is 2. The Kier molecular flexibility index (Phi) is 4.04. The number of aromatic nitrogens is 1. The predicted molar refractivity (Wildman–Crippen MR) is 85.6 cm³/mol. The van der Waals surface area contributed by atoms with Crippen LogP contribution in [0.25, 0.3) is 11.3 Å². The molecule has 1 aliphatic rings. The minimum atomic E-state index is 0.696. The Morgan fingerprint density at radius 3 is 2.74 bits per heavy atom. The SMILES string of the molecule is CC1CCC(c2nc(-c3cccc(Br)c3)cs2)CC1. The maximum absolute atomic E-state index is 4.87. The Hall–Kier alpha value is -0.670. The molecule has 1 saturated carbocycles. The second-order valence-electron chi connectivity index (χ2n) is 5.54. The molecule has 1 fully saturated rings. The van der Waals surface area contributed by atoms with Crippen LogP contribution in [0.1, 0.15) is 43.5 Å². The highest BCUT2D eigenvalue weighted by molar-refractivity contribution is 9.10. The highest BCUT2D eigenvalue weighted by Gasteiger charge is 2.22. The van der Waals surface area contributed by atoms with E-state index in [9.17, 15) is 0 Å². The molecule has 3 rings (SSSR count). The van der Waals surface area contributed by atoms with Gasteiger partial charge in [-0.25, -0.2) is 4.98 Å². The molecule has 100 valence electrons. The van der Waals surface area contributed by atoms with Gasteiger partial charge >= 0.3 is 0 Å². The van der Waals surface area contributed by atoms with Gasteiger partial charge in [-0.3, -0.25) is 0 Å². The van der Waals surface area contributed by atoms with E-state index in [0.29, 0.717) is 5.92 Å². The third-order valence-electron chi connectivity index (χ3n) is 4.01. The molecule has 1 heterocycles. The molecule has 0 saturated heterocycles. The maximum atomic E-state index is 4.87. The Morgan fingerprint density at radius 1 is 1.21 bits per heavy atom. The van der Waals surface area contributed by atoms with Gasteiger partial charge in [0.2, 0.25) is 0 Å². The van der Waals surface area contributed by atoms with E-state index in [-0.39, 0.29) is 0 Å². The molecule has 1 aromatic carbocycles. The summed E-state index contributed by atoms with van der Waals surface area (Å²) in [6.07, 6.45) is 5.34. The van der Waals surface area contributed by atoms with Crippen LogP contribution in [0.5, 0.6) is 0 Å². The average molecular weight is 336 g/mol. The Bertz CT molecular complexity index is 555. The fourth-order valence-electron chi connectivity index (χ4n) is 2.76. The molecular weight excluding hydrogens is 318 g/mol. The average Bonchev–Trinajstić information content (AvgIpc) is 2.89. The molecule has 19 heavy (non-hydrogen) atoms. The minimum Gasteiger partial charge on any atom is -0.241 e. The molecule has 0 amide bonds. The molecule has 0 aliphatic heterocycles. The highest BCUT2D eigenvalue weighted by Crippen LogP contribution is 2.38. The monoisotopic (exact) mass is 335 g/mol. The smallest absolute Gasteiger partial charge is 0.0963 e. The largest absolute Gasteiger partial charge is 0.241 e. The summed E-state index contributed by atoms with van der Waals surface area (Å²) in [6.45, 7) is 2.37. The lowest BCUT2D eigenvalue weighted by molar-refractivity contribution is 0.347. The van der Waals surface area contributed by atoms with Crippen molar-refractivity contribution in [2.75, 3.05) is 0 Å². The van der Waals surface area contributed by atoms with Crippen LogP contribution in [-0.4, -0.2) is 4.98 Å². The molecule has 1 aromatic heterocycles. The highest BCUT2D eigenvalue weighted by atomic mass is 79.9. The second-order valence-corrected chi connectivity index (χ2v) is 7.34. The maximum Gasteiger partial charge on any atom is 0.0963 e. The molecule has 0 atom stereocenters. The number of thiazole rings is 1. The summed E-state index contributed by atoms with van der Waals surface area (Å²) in [5.41, 5.74) is 2.33. The van der Waals surface area contributed by atoms with Crippen molar-refractivity contribution in [1.82, 2.24) is 4.98 Å². The summed E-state index contributed by atoms with van der Waals surface area (Å²) in [5, 5.41) is 3.54. The fourth-order valence-corrected chi connectivity index (χ4v) is 4.16. The van der Waals surface area contributed by atoms with Crippen LogP contribution in [-0.2, 0) is 0 Å². The van der Waals surface area contributed by atoms with Gasteiger partial charge < -0.3 is 0 Å². The number of benzene rings is 1. The van der Waals surface area contributed by atoms with Crippen molar-refractivity contribution < 1.29 is 0 Å². The Morgan fingerprint density at radius 2 is 2.00 bits per heavy atom. The molecule has 2 aromatic rings. The van der Waals surface area contributed by atoms with E-state index in [1.807, 2.05) is 11.3 Å². The van der Waals surface area contributed by atoms with Gasteiger partial charge in [0, 0.05) is 21.3 Å². The van der Waals surface area contributed by atoms with Gasteiger partial charge in [0.05, 0.1) is 10.7 Å². The topological polar surface area (TPSA) is 12.9 Å². The van der Waals surface area contributed by atoms with Crippen molar-refractivity contribution in [1.29, 1.82) is 0 Å². The summed E-state index contributed by atoms with van der Waals surface area (Å²) in [4.78, 5) is 4.87. The molecule has 1 aliphatic carbocycles.